The number of hydrogen-bond donors (Lipinski definition) is 2. The van der Waals surface area contributed by atoms with Crippen LogP contribution < -0.4 is 11.1 Å². The van der Waals surface area contributed by atoms with E-state index in [2.05, 4.69) is 22.0 Å². The Morgan fingerprint density at radius 3 is 2.58 bits per heavy atom. The number of hydrogen-bond acceptors (Lipinski definition) is 5. The quantitative estimate of drug-likeness (QED) is 0.561. The van der Waals surface area contributed by atoms with E-state index in [4.69, 9.17) is 10.5 Å². The Balaban J connectivity index is 2.20. The molecular weight excluding hydrogens is 244 g/mol. The fourth-order valence-electron chi connectivity index (χ4n) is 2.41. The maximum Gasteiger partial charge on any atom is 0.234 e. The monoisotopic (exact) mass is 272 g/mol. The maximum absolute atomic E-state index is 11.7. The van der Waals surface area contributed by atoms with Gasteiger partial charge in [-0.1, -0.05) is 6.92 Å². The van der Waals surface area contributed by atoms with Crippen LogP contribution in [-0.4, -0.2) is 81.3 Å². The van der Waals surface area contributed by atoms with Gasteiger partial charge in [-0.05, 0) is 6.42 Å². The lowest BCUT2D eigenvalue weighted by Crippen LogP contribution is -2.53. The van der Waals surface area contributed by atoms with Crippen molar-refractivity contribution in [2.24, 2.45) is 5.73 Å². The van der Waals surface area contributed by atoms with Crippen molar-refractivity contribution in [1.29, 1.82) is 0 Å². The number of nitrogens with two attached hydrogens (primary N) is 1. The molecular formula is C13H28N4O2. The van der Waals surface area contributed by atoms with Gasteiger partial charge in [0.25, 0.3) is 0 Å². The van der Waals surface area contributed by atoms with Gasteiger partial charge in [0, 0.05) is 52.4 Å². The van der Waals surface area contributed by atoms with Gasteiger partial charge in [-0.2, -0.15) is 0 Å². The second-order valence-corrected chi connectivity index (χ2v) is 4.95. The Hall–Kier alpha value is -0.690. The molecule has 1 amide bonds. The lowest BCUT2D eigenvalue weighted by atomic mass is 10.1. The normalized spacial score (nSPS) is 19.3. The Morgan fingerprint density at radius 1 is 1.37 bits per heavy atom. The topological polar surface area (TPSA) is 70.8 Å². The minimum atomic E-state index is 0.0800. The highest BCUT2D eigenvalue weighted by molar-refractivity contribution is 5.77. The number of rotatable bonds is 8. The number of piperazine rings is 1. The highest BCUT2D eigenvalue weighted by atomic mass is 16.5. The van der Waals surface area contributed by atoms with Crippen molar-refractivity contribution in [3.63, 3.8) is 0 Å². The zero-order valence-corrected chi connectivity index (χ0v) is 12.2. The van der Waals surface area contributed by atoms with E-state index in [9.17, 15) is 4.79 Å². The third-order valence-electron chi connectivity index (χ3n) is 3.66. The molecule has 6 heteroatoms. The summed E-state index contributed by atoms with van der Waals surface area (Å²) in [6.07, 6.45) is 1.09. The molecule has 0 aromatic heterocycles. The van der Waals surface area contributed by atoms with Crippen LogP contribution in [0.25, 0.3) is 0 Å². The predicted octanol–water partition coefficient (Wildman–Crippen LogP) is -0.896. The molecule has 0 saturated carbocycles. The third kappa shape index (κ3) is 5.86. The maximum atomic E-state index is 11.7. The summed E-state index contributed by atoms with van der Waals surface area (Å²) in [7, 11) is 1.63. The minimum Gasteiger partial charge on any atom is -0.383 e. The summed E-state index contributed by atoms with van der Waals surface area (Å²) in [6.45, 7) is 8.40. The summed E-state index contributed by atoms with van der Waals surface area (Å²) < 4.78 is 4.90. The average Bonchev–Trinajstić information content (AvgIpc) is 2.42. The Labute approximate surface area is 116 Å². The molecule has 0 aliphatic carbocycles. The van der Waals surface area contributed by atoms with Gasteiger partial charge in [0.1, 0.15) is 0 Å². The van der Waals surface area contributed by atoms with Crippen LogP contribution in [0.3, 0.4) is 0 Å². The third-order valence-corrected chi connectivity index (χ3v) is 3.66. The van der Waals surface area contributed by atoms with Crippen LogP contribution in [0.1, 0.15) is 13.3 Å². The number of methoxy groups -OCH3 is 1. The molecule has 6 nitrogen and oxygen atoms in total. The summed E-state index contributed by atoms with van der Waals surface area (Å²) in [5.41, 5.74) is 5.77. The summed E-state index contributed by atoms with van der Waals surface area (Å²) in [5, 5.41) is 2.85. The lowest BCUT2D eigenvalue weighted by Gasteiger charge is -2.38. The van der Waals surface area contributed by atoms with Gasteiger partial charge in [-0.15, -0.1) is 0 Å². The first-order valence-corrected chi connectivity index (χ1v) is 7.13. The molecule has 112 valence electrons. The Morgan fingerprint density at radius 2 is 2.05 bits per heavy atom. The van der Waals surface area contributed by atoms with Gasteiger partial charge in [0.05, 0.1) is 13.2 Å². The van der Waals surface area contributed by atoms with E-state index in [1.807, 2.05) is 0 Å². The zero-order valence-electron chi connectivity index (χ0n) is 12.2. The van der Waals surface area contributed by atoms with Crippen LogP contribution in [0.5, 0.6) is 0 Å². The van der Waals surface area contributed by atoms with E-state index in [0.717, 1.165) is 32.6 Å². The number of ether oxygens (including phenoxy) is 1. The van der Waals surface area contributed by atoms with Crippen molar-refractivity contribution in [3.8, 4) is 0 Å². The van der Waals surface area contributed by atoms with Crippen molar-refractivity contribution >= 4 is 5.91 Å². The van der Waals surface area contributed by atoms with Crippen molar-refractivity contribution in [2.75, 3.05) is 59.5 Å². The number of amides is 1. The number of nitrogens with one attached hydrogen (secondary N) is 1. The molecule has 0 aromatic carbocycles. The molecule has 1 heterocycles. The Bertz CT molecular complexity index is 251. The molecule has 1 atom stereocenters. The molecule has 0 radical (unpaired) electrons. The summed E-state index contributed by atoms with van der Waals surface area (Å²) in [5.74, 6) is 0.0800. The van der Waals surface area contributed by atoms with Crippen molar-refractivity contribution < 1.29 is 9.53 Å². The largest absolute Gasteiger partial charge is 0.383 e. The van der Waals surface area contributed by atoms with Gasteiger partial charge >= 0.3 is 0 Å². The number of carbonyl (C=O) groups excluding carboxylic acids is 1. The number of nitrogens with zero attached hydrogens (tertiary/aromatic N) is 2. The van der Waals surface area contributed by atoms with E-state index in [1.165, 1.54) is 0 Å². The average molecular weight is 272 g/mol. The molecule has 3 N–H and O–H groups in total. The highest BCUT2D eigenvalue weighted by Gasteiger charge is 2.22. The van der Waals surface area contributed by atoms with Gasteiger partial charge < -0.3 is 15.8 Å². The molecule has 1 rings (SSSR count). The fraction of sp³-hybridized carbons (Fsp3) is 0.923. The summed E-state index contributed by atoms with van der Waals surface area (Å²) in [6, 6.07) is 0.484. The zero-order chi connectivity index (χ0) is 14.1. The highest BCUT2D eigenvalue weighted by Crippen LogP contribution is 2.08. The minimum absolute atomic E-state index is 0.0800. The van der Waals surface area contributed by atoms with Gasteiger partial charge in [0.2, 0.25) is 5.91 Å². The first kappa shape index (κ1) is 16.4. The summed E-state index contributed by atoms with van der Waals surface area (Å²) >= 11 is 0. The van der Waals surface area contributed by atoms with Crippen LogP contribution in [0.2, 0.25) is 0 Å². The van der Waals surface area contributed by atoms with Crippen LogP contribution >= 0.6 is 0 Å². The first-order valence-electron chi connectivity index (χ1n) is 7.13. The van der Waals surface area contributed by atoms with Crippen LogP contribution in [0, 0.1) is 0 Å². The lowest BCUT2D eigenvalue weighted by molar-refractivity contribution is -0.122. The van der Waals surface area contributed by atoms with Crippen molar-refractivity contribution in [1.82, 2.24) is 15.1 Å². The fourth-order valence-corrected chi connectivity index (χ4v) is 2.41. The van der Waals surface area contributed by atoms with Gasteiger partial charge in [0.15, 0.2) is 0 Å². The molecule has 0 aromatic rings. The van der Waals surface area contributed by atoms with E-state index in [-0.39, 0.29) is 5.91 Å². The van der Waals surface area contributed by atoms with Gasteiger partial charge in [-0.25, -0.2) is 0 Å². The van der Waals surface area contributed by atoms with Crippen LogP contribution in [0.4, 0.5) is 0 Å². The SMILES string of the molecule is CCC(CN)N1CCN(CC(=O)NCCOC)CC1. The molecule has 1 saturated heterocycles. The standard InChI is InChI=1S/C13H28N4O2/c1-3-12(10-14)17-7-5-16(6-8-17)11-13(18)15-4-9-19-2/h12H,3-11,14H2,1-2H3,(H,15,18). The smallest absolute Gasteiger partial charge is 0.234 e. The predicted molar refractivity (Wildman–Crippen MR) is 76.0 cm³/mol. The van der Waals surface area contributed by atoms with E-state index >= 15 is 0 Å². The van der Waals surface area contributed by atoms with Gasteiger partial charge in [-0.3, -0.25) is 14.6 Å². The first-order chi connectivity index (χ1) is 9.21. The second-order valence-electron chi connectivity index (χ2n) is 4.95. The van der Waals surface area contributed by atoms with Crippen molar-refractivity contribution in [2.45, 2.75) is 19.4 Å². The molecule has 1 aliphatic heterocycles. The molecule has 19 heavy (non-hydrogen) atoms. The van der Waals surface area contributed by atoms with E-state index in [1.54, 1.807) is 7.11 Å². The molecule has 1 unspecified atom stereocenters. The molecule has 0 bridgehead atoms. The molecule has 0 spiro atoms. The van der Waals surface area contributed by atoms with E-state index < -0.39 is 0 Å². The Kier molecular flexibility index (Phi) is 7.97. The molecule has 1 aliphatic rings. The number of carbonyl (C=O) groups is 1. The van der Waals surface area contributed by atoms with Crippen molar-refractivity contribution in [3.05, 3.63) is 0 Å². The second kappa shape index (κ2) is 9.25. The molecule has 1 fully saturated rings. The van der Waals surface area contributed by atoms with E-state index in [0.29, 0.717) is 32.3 Å². The van der Waals surface area contributed by atoms with Crippen LogP contribution in [-0.2, 0) is 9.53 Å². The summed E-state index contributed by atoms with van der Waals surface area (Å²) in [4.78, 5) is 16.3. The van der Waals surface area contributed by atoms with Crippen LogP contribution in [0.15, 0.2) is 0 Å².